The molecule has 0 unspecified atom stereocenters. The van der Waals surface area contributed by atoms with E-state index in [0.717, 1.165) is 11.1 Å². The Morgan fingerprint density at radius 3 is 2.43 bits per heavy atom. The van der Waals surface area contributed by atoms with Crippen LogP contribution in [-0.4, -0.2) is 23.6 Å². The van der Waals surface area contributed by atoms with Crippen LogP contribution in [0.15, 0.2) is 42.5 Å². The van der Waals surface area contributed by atoms with Gasteiger partial charge in [0.05, 0.1) is 12.2 Å². The summed E-state index contributed by atoms with van der Waals surface area (Å²) >= 11 is 0. The summed E-state index contributed by atoms with van der Waals surface area (Å²) in [5.74, 6) is -0.968. The number of nitrogens with one attached hydrogen (secondary N) is 1. The number of aryl methyl sites for hydroxylation is 1. The topological polar surface area (TPSA) is 75.6 Å². The van der Waals surface area contributed by atoms with Crippen LogP contribution in [0.1, 0.15) is 27.0 Å². The number of aliphatic hydroxyl groups is 1. The van der Waals surface area contributed by atoms with Gasteiger partial charge in [-0.2, -0.15) is 0 Å². The van der Waals surface area contributed by atoms with Gasteiger partial charge in [0.15, 0.2) is 6.61 Å². The van der Waals surface area contributed by atoms with Gasteiger partial charge in [-0.25, -0.2) is 4.79 Å². The van der Waals surface area contributed by atoms with Crippen molar-refractivity contribution in [2.75, 3.05) is 11.9 Å². The van der Waals surface area contributed by atoms with Crippen molar-refractivity contribution in [3.8, 4) is 0 Å². The van der Waals surface area contributed by atoms with Crippen LogP contribution in [0.3, 0.4) is 0 Å². The van der Waals surface area contributed by atoms with Gasteiger partial charge in [0, 0.05) is 5.69 Å². The van der Waals surface area contributed by atoms with Gasteiger partial charge in [-0.3, -0.25) is 4.79 Å². The number of carbonyl (C=O) groups is 2. The number of ether oxygens (including phenoxy) is 1. The number of amides is 1. The molecule has 2 aromatic carbocycles. The van der Waals surface area contributed by atoms with E-state index >= 15 is 0 Å². The Kier molecular flexibility index (Phi) is 5.49. The predicted octanol–water partition coefficient (Wildman–Crippen LogP) is 2.59. The average molecular weight is 313 g/mol. The van der Waals surface area contributed by atoms with E-state index in [9.17, 15) is 9.59 Å². The predicted molar refractivity (Wildman–Crippen MR) is 87.2 cm³/mol. The molecular formula is C18H19NO4. The van der Waals surface area contributed by atoms with Crippen LogP contribution in [0.2, 0.25) is 0 Å². The first kappa shape index (κ1) is 16.7. The third kappa shape index (κ3) is 4.40. The van der Waals surface area contributed by atoms with Crippen LogP contribution >= 0.6 is 0 Å². The van der Waals surface area contributed by atoms with E-state index < -0.39 is 5.97 Å². The number of carbonyl (C=O) groups excluding carboxylic acids is 2. The molecule has 2 N–H and O–H groups in total. The Hall–Kier alpha value is -2.66. The van der Waals surface area contributed by atoms with Crippen molar-refractivity contribution >= 4 is 17.6 Å². The molecule has 0 fully saturated rings. The maximum Gasteiger partial charge on any atom is 0.338 e. The summed E-state index contributed by atoms with van der Waals surface area (Å²) in [6, 6.07) is 12.0. The third-order valence-electron chi connectivity index (χ3n) is 3.59. The van der Waals surface area contributed by atoms with E-state index in [2.05, 4.69) is 5.32 Å². The van der Waals surface area contributed by atoms with E-state index in [1.54, 1.807) is 30.3 Å². The molecule has 0 aliphatic rings. The van der Waals surface area contributed by atoms with Gasteiger partial charge in [0.25, 0.3) is 5.91 Å². The lowest BCUT2D eigenvalue weighted by Crippen LogP contribution is -2.21. The molecule has 0 aromatic heterocycles. The highest BCUT2D eigenvalue weighted by molar-refractivity contribution is 5.96. The van der Waals surface area contributed by atoms with Crippen molar-refractivity contribution < 1.29 is 19.4 Å². The van der Waals surface area contributed by atoms with Crippen molar-refractivity contribution in [2.24, 2.45) is 0 Å². The standard InChI is InChI=1S/C18H19NO4/c1-12-4-3-5-16(13(12)2)19-17(21)11-23-18(22)15-8-6-14(10-20)7-9-15/h3-9,20H,10-11H2,1-2H3,(H,19,21). The Morgan fingerprint density at radius 2 is 1.78 bits per heavy atom. The second-order valence-electron chi connectivity index (χ2n) is 5.23. The summed E-state index contributed by atoms with van der Waals surface area (Å²) in [5, 5.41) is 11.7. The molecule has 0 saturated heterocycles. The SMILES string of the molecule is Cc1cccc(NC(=O)COC(=O)c2ccc(CO)cc2)c1C. The molecule has 0 saturated carbocycles. The maximum atomic E-state index is 11.9. The molecule has 120 valence electrons. The van der Waals surface area contributed by atoms with E-state index in [4.69, 9.17) is 9.84 Å². The monoisotopic (exact) mass is 313 g/mol. The lowest BCUT2D eigenvalue weighted by molar-refractivity contribution is -0.119. The van der Waals surface area contributed by atoms with Crippen molar-refractivity contribution in [1.82, 2.24) is 0 Å². The highest BCUT2D eigenvalue weighted by atomic mass is 16.5. The first-order chi connectivity index (χ1) is 11.0. The average Bonchev–Trinajstić information content (AvgIpc) is 2.57. The highest BCUT2D eigenvalue weighted by Gasteiger charge is 2.11. The summed E-state index contributed by atoms with van der Waals surface area (Å²) in [5.41, 5.74) is 3.80. The minimum atomic E-state index is -0.578. The normalized spacial score (nSPS) is 10.2. The molecule has 0 aliphatic heterocycles. The van der Waals surface area contributed by atoms with Gasteiger partial charge < -0.3 is 15.2 Å². The fraction of sp³-hybridized carbons (Fsp3) is 0.222. The molecule has 5 heteroatoms. The zero-order valence-corrected chi connectivity index (χ0v) is 13.1. The fourth-order valence-electron chi connectivity index (χ4n) is 2.03. The Balaban J connectivity index is 1.90. The van der Waals surface area contributed by atoms with E-state index in [1.807, 2.05) is 26.0 Å². The molecule has 1 amide bonds. The lowest BCUT2D eigenvalue weighted by atomic mass is 10.1. The van der Waals surface area contributed by atoms with Gasteiger partial charge in [-0.1, -0.05) is 24.3 Å². The first-order valence-electron chi connectivity index (χ1n) is 7.24. The molecule has 0 bridgehead atoms. The van der Waals surface area contributed by atoms with Crippen LogP contribution in [-0.2, 0) is 16.1 Å². The maximum absolute atomic E-state index is 11.9. The summed E-state index contributed by atoms with van der Waals surface area (Å²) in [7, 11) is 0. The Labute approximate surface area is 134 Å². The summed E-state index contributed by atoms with van der Waals surface area (Å²) in [6.45, 7) is 3.43. The minimum absolute atomic E-state index is 0.0897. The molecule has 0 spiro atoms. The highest BCUT2D eigenvalue weighted by Crippen LogP contribution is 2.17. The molecule has 5 nitrogen and oxygen atoms in total. The molecule has 0 atom stereocenters. The van der Waals surface area contributed by atoms with Crippen molar-refractivity contribution in [2.45, 2.75) is 20.5 Å². The van der Waals surface area contributed by atoms with E-state index in [1.165, 1.54) is 0 Å². The molecule has 2 aromatic rings. The number of benzene rings is 2. The van der Waals surface area contributed by atoms with Gasteiger partial charge in [0.1, 0.15) is 0 Å². The van der Waals surface area contributed by atoms with Crippen LogP contribution in [0.4, 0.5) is 5.69 Å². The Bertz CT molecular complexity index is 707. The van der Waals surface area contributed by atoms with Crippen LogP contribution in [0, 0.1) is 13.8 Å². The second-order valence-corrected chi connectivity index (χ2v) is 5.23. The number of hydrogen-bond donors (Lipinski definition) is 2. The summed E-state index contributed by atoms with van der Waals surface area (Å²) in [4.78, 5) is 23.7. The van der Waals surface area contributed by atoms with Crippen LogP contribution in [0.5, 0.6) is 0 Å². The van der Waals surface area contributed by atoms with Crippen molar-refractivity contribution in [3.63, 3.8) is 0 Å². The molecule has 0 aliphatic carbocycles. The van der Waals surface area contributed by atoms with Crippen molar-refractivity contribution in [3.05, 3.63) is 64.7 Å². The van der Waals surface area contributed by atoms with Crippen LogP contribution in [0.25, 0.3) is 0 Å². The molecular weight excluding hydrogens is 294 g/mol. The molecule has 2 rings (SSSR count). The van der Waals surface area contributed by atoms with E-state index in [-0.39, 0.29) is 19.1 Å². The summed E-state index contributed by atoms with van der Waals surface area (Å²) < 4.78 is 4.99. The number of rotatable bonds is 5. The number of aliphatic hydroxyl groups excluding tert-OH is 1. The number of anilines is 1. The Morgan fingerprint density at radius 1 is 1.09 bits per heavy atom. The van der Waals surface area contributed by atoms with E-state index in [0.29, 0.717) is 16.8 Å². The summed E-state index contributed by atoms with van der Waals surface area (Å²) in [6.07, 6.45) is 0. The largest absolute Gasteiger partial charge is 0.452 e. The zero-order valence-electron chi connectivity index (χ0n) is 13.1. The van der Waals surface area contributed by atoms with Crippen LogP contribution < -0.4 is 5.32 Å². The molecule has 0 heterocycles. The van der Waals surface area contributed by atoms with Gasteiger partial charge in [-0.05, 0) is 48.7 Å². The lowest BCUT2D eigenvalue weighted by Gasteiger charge is -2.10. The van der Waals surface area contributed by atoms with Crippen molar-refractivity contribution in [1.29, 1.82) is 0 Å². The third-order valence-corrected chi connectivity index (χ3v) is 3.59. The fourth-order valence-corrected chi connectivity index (χ4v) is 2.03. The van der Waals surface area contributed by atoms with Gasteiger partial charge in [0.2, 0.25) is 0 Å². The number of esters is 1. The second kappa shape index (κ2) is 7.56. The number of hydrogen-bond acceptors (Lipinski definition) is 4. The first-order valence-corrected chi connectivity index (χ1v) is 7.24. The van der Waals surface area contributed by atoms with Gasteiger partial charge in [-0.15, -0.1) is 0 Å². The quantitative estimate of drug-likeness (QED) is 0.832. The molecule has 0 radical (unpaired) electrons. The minimum Gasteiger partial charge on any atom is -0.452 e. The van der Waals surface area contributed by atoms with Gasteiger partial charge >= 0.3 is 5.97 Å². The zero-order chi connectivity index (χ0) is 16.8. The smallest absolute Gasteiger partial charge is 0.338 e. The molecule has 23 heavy (non-hydrogen) atoms.